The van der Waals surface area contributed by atoms with Crippen LogP contribution in [0.5, 0.6) is 0 Å². The second kappa shape index (κ2) is 4.15. The molecule has 5 nitrogen and oxygen atoms in total. The van der Waals surface area contributed by atoms with Gasteiger partial charge in [0.1, 0.15) is 11.9 Å². The van der Waals surface area contributed by atoms with Crippen molar-refractivity contribution in [1.29, 1.82) is 0 Å². The molecule has 1 atom stereocenters. The number of carboxylic acids is 1. The Labute approximate surface area is 98.4 Å². The zero-order valence-corrected chi connectivity index (χ0v) is 9.47. The number of halogens is 1. The van der Waals surface area contributed by atoms with Gasteiger partial charge in [-0.15, -0.1) is 0 Å². The minimum Gasteiger partial charge on any atom is -0.475 e. The highest BCUT2D eigenvalue weighted by Crippen LogP contribution is 2.30. The summed E-state index contributed by atoms with van der Waals surface area (Å²) in [7, 11) is 0. The normalized spacial score (nSPS) is 12.6. The van der Waals surface area contributed by atoms with E-state index in [-0.39, 0.29) is 11.5 Å². The molecule has 0 radical (unpaired) electrons. The van der Waals surface area contributed by atoms with Crippen molar-refractivity contribution in [3.8, 4) is 0 Å². The van der Waals surface area contributed by atoms with Crippen molar-refractivity contribution in [2.45, 2.75) is 6.10 Å². The summed E-state index contributed by atoms with van der Waals surface area (Å²) >= 11 is 3.12. The molecule has 0 spiro atoms. The molecule has 84 valence electrons. The van der Waals surface area contributed by atoms with Gasteiger partial charge in [0, 0.05) is 5.56 Å². The SMILES string of the molecule is O=C(O)c1ccc(C(O)c2ccoc2Br)o1. The Kier molecular flexibility index (Phi) is 2.84. The zero-order chi connectivity index (χ0) is 11.7. The topological polar surface area (TPSA) is 83.8 Å². The van der Waals surface area contributed by atoms with E-state index < -0.39 is 12.1 Å². The van der Waals surface area contributed by atoms with E-state index in [1.165, 1.54) is 18.4 Å². The number of hydrogen-bond acceptors (Lipinski definition) is 4. The predicted molar refractivity (Wildman–Crippen MR) is 56.1 cm³/mol. The van der Waals surface area contributed by atoms with Gasteiger partial charge < -0.3 is 19.0 Å². The van der Waals surface area contributed by atoms with Crippen LogP contribution in [0.4, 0.5) is 0 Å². The molecular weight excluding hydrogens is 280 g/mol. The Hall–Kier alpha value is -1.53. The van der Waals surface area contributed by atoms with Gasteiger partial charge in [0.25, 0.3) is 0 Å². The standard InChI is InChI=1S/C10H7BrO5/c11-9-5(3-4-15-9)8(12)6-1-2-7(16-6)10(13)14/h1-4,8,12H,(H,13,14). The minimum absolute atomic E-state index is 0.152. The van der Waals surface area contributed by atoms with Crippen LogP contribution >= 0.6 is 15.9 Å². The molecule has 0 amide bonds. The summed E-state index contributed by atoms with van der Waals surface area (Å²) in [4.78, 5) is 10.6. The molecule has 2 aromatic rings. The molecule has 0 aliphatic carbocycles. The van der Waals surface area contributed by atoms with E-state index in [0.717, 1.165) is 0 Å². The molecule has 2 rings (SSSR count). The lowest BCUT2D eigenvalue weighted by molar-refractivity contribution is 0.0655. The Morgan fingerprint density at radius 2 is 2.12 bits per heavy atom. The highest BCUT2D eigenvalue weighted by atomic mass is 79.9. The van der Waals surface area contributed by atoms with Crippen LogP contribution < -0.4 is 0 Å². The molecule has 0 fully saturated rings. The summed E-state index contributed by atoms with van der Waals surface area (Å²) in [6.45, 7) is 0. The molecule has 2 aromatic heterocycles. The number of aromatic carboxylic acids is 1. The van der Waals surface area contributed by atoms with Crippen LogP contribution in [-0.2, 0) is 0 Å². The van der Waals surface area contributed by atoms with Gasteiger partial charge in [0.15, 0.2) is 4.67 Å². The first-order valence-corrected chi connectivity index (χ1v) is 5.13. The Bertz CT molecular complexity index is 513. The Balaban J connectivity index is 2.31. The first kappa shape index (κ1) is 11.0. The van der Waals surface area contributed by atoms with Gasteiger partial charge in [-0.2, -0.15) is 0 Å². The molecule has 6 heteroatoms. The van der Waals surface area contributed by atoms with Crippen LogP contribution in [0.25, 0.3) is 0 Å². The minimum atomic E-state index is -1.18. The monoisotopic (exact) mass is 286 g/mol. The average molecular weight is 287 g/mol. The van der Waals surface area contributed by atoms with Gasteiger partial charge in [-0.25, -0.2) is 4.79 Å². The third kappa shape index (κ3) is 1.89. The van der Waals surface area contributed by atoms with Crippen molar-refractivity contribution in [2.75, 3.05) is 0 Å². The zero-order valence-electron chi connectivity index (χ0n) is 7.88. The molecule has 1 unspecified atom stereocenters. The van der Waals surface area contributed by atoms with E-state index >= 15 is 0 Å². The number of furan rings is 2. The van der Waals surface area contributed by atoms with E-state index in [1.54, 1.807) is 6.07 Å². The lowest BCUT2D eigenvalue weighted by Gasteiger charge is -2.04. The Morgan fingerprint density at radius 1 is 1.38 bits per heavy atom. The van der Waals surface area contributed by atoms with Crippen LogP contribution in [0.1, 0.15) is 28.0 Å². The first-order valence-electron chi connectivity index (χ1n) is 4.33. The molecular formula is C10H7BrO5. The van der Waals surface area contributed by atoms with Gasteiger partial charge in [-0.3, -0.25) is 0 Å². The van der Waals surface area contributed by atoms with Crippen LogP contribution in [0.3, 0.4) is 0 Å². The van der Waals surface area contributed by atoms with Crippen molar-refractivity contribution in [3.05, 3.63) is 46.2 Å². The lowest BCUT2D eigenvalue weighted by atomic mass is 10.1. The highest BCUT2D eigenvalue weighted by molar-refractivity contribution is 9.10. The van der Waals surface area contributed by atoms with Crippen LogP contribution in [-0.4, -0.2) is 16.2 Å². The lowest BCUT2D eigenvalue weighted by Crippen LogP contribution is -1.97. The maximum atomic E-state index is 10.6. The van der Waals surface area contributed by atoms with Crippen molar-refractivity contribution in [1.82, 2.24) is 0 Å². The van der Waals surface area contributed by atoms with Crippen molar-refractivity contribution in [3.63, 3.8) is 0 Å². The maximum absolute atomic E-state index is 10.6. The van der Waals surface area contributed by atoms with E-state index in [4.69, 9.17) is 13.9 Å². The molecule has 2 heterocycles. The molecule has 0 aromatic carbocycles. The summed E-state index contributed by atoms with van der Waals surface area (Å²) in [6, 6.07) is 4.26. The van der Waals surface area contributed by atoms with Crippen LogP contribution in [0, 0.1) is 0 Å². The van der Waals surface area contributed by atoms with E-state index in [0.29, 0.717) is 10.2 Å². The molecule has 16 heavy (non-hydrogen) atoms. The molecule has 0 aliphatic heterocycles. The van der Waals surface area contributed by atoms with E-state index in [1.807, 2.05) is 0 Å². The van der Waals surface area contributed by atoms with Crippen molar-refractivity contribution in [2.24, 2.45) is 0 Å². The summed E-state index contributed by atoms with van der Waals surface area (Å²) in [5.41, 5.74) is 0.478. The first-order chi connectivity index (χ1) is 7.59. The van der Waals surface area contributed by atoms with Gasteiger partial charge >= 0.3 is 5.97 Å². The predicted octanol–water partition coefficient (Wildman–Crippen LogP) is 2.42. The summed E-state index contributed by atoms with van der Waals surface area (Å²) < 4.78 is 10.3. The van der Waals surface area contributed by atoms with Crippen LogP contribution in [0.15, 0.2) is 38.0 Å². The summed E-state index contributed by atoms with van der Waals surface area (Å²) in [5.74, 6) is -1.24. The largest absolute Gasteiger partial charge is 0.475 e. The molecule has 0 aliphatic rings. The van der Waals surface area contributed by atoms with Gasteiger partial charge in [-0.05, 0) is 34.1 Å². The second-order valence-electron chi connectivity index (χ2n) is 3.06. The number of rotatable bonds is 3. The fourth-order valence-corrected chi connectivity index (χ4v) is 1.72. The van der Waals surface area contributed by atoms with Gasteiger partial charge in [0.05, 0.1) is 6.26 Å². The maximum Gasteiger partial charge on any atom is 0.371 e. The van der Waals surface area contributed by atoms with Crippen LogP contribution in [0.2, 0.25) is 0 Å². The van der Waals surface area contributed by atoms with Gasteiger partial charge in [0.2, 0.25) is 5.76 Å². The van der Waals surface area contributed by atoms with Crippen molar-refractivity contribution >= 4 is 21.9 Å². The smallest absolute Gasteiger partial charge is 0.371 e. The number of carbonyl (C=O) groups is 1. The molecule has 0 saturated carbocycles. The third-order valence-electron chi connectivity index (χ3n) is 2.05. The summed E-state index contributed by atoms with van der Waals surface area (Å²) in [5, 5.41) is 18.5. The third-order valence-corrected chi connectivity index (χ3v) is 2.69. The van der Waals surface area contributed by atoms with E-state index in [9.17, 15) is 9.90 Å². The highest BCUT2D eigenvalue weighted by Gasteiger charge is 2.20. The van der Waals surface area contributed by atoms with E-state index in [2.05, 4.69) is 15.9 Å². The molecule has 2 N–H and O–H groups in total. The number of aliphatic hydroxyl groups is 1. The Morgan fingerprint density at radius 3 is 2.62 bits per heavy atom. The second-order valence-corrected chi connectivity index (χ2v) is 3.78. The number of aliphatic hydroxyl groups excluding tert-OH is 1. The average Bonchev–Trinajstić information content (AvgIpc) is 2.84. The summed E-state index contributed by atoms with van der Waals surface area (Å²) in [6.07, 6.45) is 0.352. The fraction of sp³-hybridized carbons (Fsp3) is 0.100. The number of carboxylic acid groups (broad SMARTS) is 1. The quantitative estimate of drug-likeness (QED) is 0.905. The molecule has 0 bridgehead atoms. The fourth-order valence-electron chi connectivity index (χ4n) is 1.27. The molecule has 0 saturated heterocycles. The number of hydrogen-bond donors (Lipinski definition) is 2. The van der Waals surface area contributed by atoms with Gasteiger partial charge in [-0.1, -0.05) is 0 Å². The van der Waals surface area contributed by atoms with Crippen molar-refractivity contribution < 1.29 is 23.8 Å².